The number of hydrogen-bond donors (Lipinski definition) is 1. The zero-order valence-electron chi connectivity index (χ0n) is 12.6. The van der Waals surface area contributed by atoms with Crippen LogP contribution in [-0.4, -0.2) is 13.0 Å². The Hall–Kier alpha value is -2.32. The van der Waals surface area contributed by atoms with Crippen molar-refractivity contribution >= 4 is 38.4 Å². The molecule has 0 saturated carbocycles. The molecule has 1 heterocycles. The quantitative estimate of drug-likeness (QED) is 0.768. The number of benzene rings is 2. The van der Waals surface area contributed by atoms with Crippen molar-refractivity contribution in [3.8, 4) is 0 Å². The van der Waals surface area contributed by atoms with Crippen LogP contribution in [0.1, 0.15) is 5.56 Å². The molecule has 0 atom stereocenters. The summed E-state index contributed by atoms with van der Waals surface area (Å²) >= 11 is 5.66. The minimum Gasteiger partial charge on any atom is -0.408 e. The minimum absolute atomic E-state index is 0.0511. The third-order valence-electron chi connectivity index (χ3n) is 3.55. The maximum absolute atomic E-state index is 13.2. The summed E-state index contributed by atoms with van der Waals surface area (Å²) < 4.78 is 47.0. The number of hydrogen-bond acceptors (Lipinski definition) is 4. The molecule has 126 valence electrons. The number of halogens is 2. The van der Waals surface area contributed by atoms with Crippen LogP contribution >= 0.6 is 11.6 Å². The van der Waals surface area contributed by atoms with Crippen molar-refractivity contribution < 1.29 is 17.2 Å². The van der Waals surface area contributed by atoms with Crippen LogP contribution in [-0.2, 0) is 17.1 Å². The number of aryl methyl sites for hydroxylation is 2. The monoisotopic (exact) mass is 370 g/mol. The highest BCUT2D eigenvalue weighted by Gasteiger charge is 2.20. The van der Waals surface area contributed by atoms with Gasteiger partial charge in [-0.2, -0.15) is 0 Å². The van der Waals surface area contributed by atoms with Gasteiger partial charge in [-0.15, -0.1) is 0 Å². The first-order valence-electron chi connectivity index (χ1n) is 6.77. The van der Waals surface area contributed by atoms with Gasteiger partial charge in [0.25, 0.3) is 10.0 Å². The largest absolute Gasteiger partial charge is 0.419 e. The van der Waals surface area contributed by atoms with Gasteiger partial charge in [0.15, 0.2) is 5.58 Å². The van der Waals surface area contributed by atoms with E-state index in [9.17, 15) is 17.6 Å². The second-order valence-corrected chi connectivity index (χ2v) is 7.30. The van der Waals surface area contributed by atoms with E-state index in [0.717, 1.165) is 6.07 Å². The Balaban J connectivity index is 2.09. The molecule has 0 unspecified atom stereocenters. The maximum Gasteiger partial charge on any atom is 0.419 e. The van der Waals surface area contributed by atoms with E-state index >= 15 is 0 Å². The summed E-state index contributed by atoms with van der Waals surface area (Å²) in [6.07, 6.45) is 0. The van der Waals surface area contributed by atoms with Crippen LogP contribution in [0.5, 0.6) is 0 Å². The molecule has 0 aliphatic heterocycles. The number of anilines is 1. The van der Waals surface area contributed by atoms with Crippen molar-refractivity contribution in [2.45, 2.75) is 11.8 Å². The predicted molar refractivity (Wildman–Crippen MR) is 88.4 cm³/mol. The Morgan fingerprint density at radius 3 is 2.62 bits per heavy atom. The molecule has 9 heteroatoms. The van der Waals surface area contributed by atoms with Crippen molar-refractivity contribution in [1.82, 2.24) is 4.57 Å². The van der Waals surface area contributed by atoms with Crippen molar-refractivity contribution in [3.63, 3.8) is 0 Å². The smallest absolute Gasteiger partial charge is 0.408 e. The highest BCUT2D eigenvalue weighted by molar-refractivity contribution is 7.92. The zero-order chi connectivity index (χ0) is 17.6. The van der Waals surface area contributed by atoms with Gasteiger partial charge < -0.3 is 4.42 Å². The lowest BCUT2D eigenvalue weighted by Crippen LogP contribution is -2.14. The van der Waals surface area contributed by atoms with E-state index in [4.69, 9.17) is 16.0 Å². The summed E-state index contributed by atoms with van der Waals surface area (Å²) in [7, 11) is -2.44. The molecule has 2 aromatic carbocycles. The molecule has 1 N–H and O–H groups in total. The van der Waals surface area contributed by atoms with Gasteiger partial charge in [-0.05, 0) is 36.8 Å². The first-order valence-corrected chi connectivity index (χ1v) is 8.63. The number of nitrogens with one attached hydrogen (secondary N) is 1. The van der Waals surface area contributed by atoms with Crippen molar-refractivity contribution in [2.75, 3.05) is 4.72 Å². The predicted octanol–water partition coefficient (Wildman–Crippen LogP) is 3.03. The number of fused-ring (bicyclic) bond motifs is 1. The SMILES string of the molecule is Cc1cc2c(cc1S(=O)(=O)Nc1ccc(F)c(Cl)c1)oc(=O)n2C. The molecule has 0 bridgehead atoms. The average molecular weight is 371 g/mol. The molecule has 24 heavy (non-hydrogen) atoms. The number of nitrogens with zero attached hydrogens (tertiary/aromatic N) is 1. The summed E-state index contributed by atoms with van der Waals surface area (Å²) in [5.41, 5.74) is 1.20. The van der Waals surface area contributed by atoms with Crippen LogP contribution in [0.25, 0.3) is 11.1 Å². The van der Waals surface area contributed by atoms with Gasteiger partial charge in [0.1, 0.15) is 5.82 Å². The van der Waals surface area contributed by atoms with Gasteiger partial charge in [0, 0.05) is 13.1 Å². The maximum atomic E-state index is 13.2. The van der Waals surface area contributed by atoms with Crippen molar-refractivity contribution in [2.24, 2.45) is 7.05 Å². The van der Waals surface area contributed by atoms with Gasteiger partial charge in [0.05, 0.1) is 21.1 Å². The Kier molecular flexibility index (Phi) is 3.89. The summed E-state index contributed by atoms with van der Waals surface area (Å²) in [5.74, 6) is -1.24. The average Bonchev–Trinajstić information content (AvgIpc) is 2.77. The Bertz CT molecular complexity index is 1120. The number of sulfonamides is 1. The van der Waals surface area contributed by atoms with Gasteiger partial charge in [-0.3, -0.25) is 9.29 Å². The summed E-state index contributed by atoms with van der Waals surface area (Å²) in [6, 6.07) is 6.32. The topological polar surface area (TPSA) is 81.3 Å². The summed E-state index contributed by atoms with van der Waals surface area (Å²) in [4.78, 5) is 11.5. The van der Waals surface area contributed by atoms with E-state index in [1.807, 2.05) is 0 Å². The lowest BCUT2D eigenvalue weighted by atomic mass is 10.2. The second-order valence-electron chi connectivity index (χ2n) is 5.25. The van der Waals surface area contributed by atoms with Gasteiger partial charge in [-0.25, -0.2) is 17.6 Å². The first-order chi connectivity index (χ1) is 11.2. The van der Waals surface area contributed by atoms with E-state index in [0.29, 0.717) is 11.1 Å². The molecule has 0 saturated heterocycles. The van der Waals surface area contributed by atoms with Gasteiger partial charge in [-0.1, -0.05) is 11.6 Å². The number of aromatic nitrogens is 1. The van der Waals surface area contributed by atoms with Gasteiger partial charge >= 0.3 is 5.76 Å². The number of oxazole rings is 1. The molecule has 3 aromatic rings. The van der Waals surface area contributed by atoms with Crippen LogP contribution in [0.3, 0.4) is 0 Å². The van der Waals surface area contributed by atoms with E-state index in [1.54, 1.807) is 13.0 Å². The van der Waals surface area contributed by atoms with Crippen molar-refractivity contribution in [1.29, 1.82) is 0 Å². The lowest BCUT2D eigenvalue weighted by Gasteiger charge is -2.11. The standard InChI is InChI=1S/C15H12ClFN2O4S/c1-8-5-12-13(23-15(20)19(12)2)7-14(8)24(21,22)18-9-3-4-11(17)10(16)6-9/h3-7,18H,1-2H3. The molecule has 0 fully saturated rings. The van der Waals surface area contributed by atoms with E-state index < -0.39 is 21.6 Å². The fourth-order valence-corrected chi connectivity index (χ4v) is 3.79. The van der Waals surface area contributed by atoms with Gasteiger partial charge in [0.2, 0.25) is 0 Å². The molecule has 0 aliphatic rings. The second kappa shape index (κ2) is 5.64. The van der Waals surface area contributed by atoms with Crippen LogP contribution in [0.4, 0.5) is 10.1 Å². The molecule has 1 aromatic heterocycles. The zero-order valence-corrected chi connectivity index (χ0v) is 14.2. The molecule has 0 aliphatic carbocycles. The Labute approximate surface area is 141 Å². The Morgan fingerprint density at radius 1 is 1.25 bits per heavy atom. The minimum atomic E-state index is -3.97. The van der Waals surface area contributed by atoms with E-state index in [-0.39, 0.29) is 21.2 Å². The Morgan fingerprint density at radius 2 is 1.96 bits per heavy atom. The fourth-order valence-electron chi connectivity index (χ4n) is 2.32. The molecule has 3 rings (SSSR count). The third-order valence-corrected chi connectivity index (χ3v) is 5.36. The summed E-state index contributed by atoms with van der Waals surface area (Å²) in [6.45, 7) is 1.60. The third kappa shape index (κ3) is 2.78. The highest BCUT2D eigenvalue weighted by Crippen LogP contribution is 2.26. The molecular formula is C15H12ClFN2O4S. The molecule has 0 radical (unpaired) electrons. The number of rotatable bonds is 3. The molecule has 0 amide bonds. The van der Waals surface area contributed by atoms with Crippen LogP contribution in [0.2, 0.25) is 5.02 Å². The van der Waals surface area contributed by atoms with Crippen LogP contribution in [0, 0.1) is 12.7 Å². The first kappa shape index (κ1) is 16.5. The molecule has 6 nitrogen and oxygen atoms in total. The summed E-state index contributed by atoms with van der Waals surface area (Å²) in [5, 5.41) is -0.198. The normalized spacial score (nSPS) is 11.8. The lowest BCUT2D eigenvalue weighted by molar-refractivity contribution is 0.527. The van der Waals surface area contributed by atoms with Crippen LogP contribution < -0.4 is 10.5 Å². The fraction of sp³-hybridized carbons (Fsp3) is 0.133. The highest BCUT2D eigenvalue weighted by atomic mass is 35.5. The molecular weight excluding hydrogens is 359 g/mol. The van der Waals surface area contributed by atoms with E-state index in [1.165, 1.54) is 29.8 Å². The van der Waals surface area contributed by atoms with Crippen LogP contribution in [0.15, 0.2) is 44.4 Å². The van der Waals surface area contributed by atoms with Crippen molar-refractivity contribution in [3.05, 3.63) is 57.3 Å². The van der Waals surface area contributed by atoms with E-state index in [2.05, 4.69) is 4.72 Å². The molecule has 0 spiro atoms.